The highest BCUT2D eigenvalue weighted by molar-refractivity contribution is 5.00. The van der Waals surface area contributed by atoms with Crippen LogP contribution in [0.4, 0.5) is 0 Å². The molecule has 0 unspecified atom stereocenters. The van der Waals surface area contributed by atoms with Gasteiger partial charge in [0.2, 0.25) is 0 Å². The molecular weight excluding hydrogens is 212 g/mol. The Balaban J connectivity index is 1.98. The van der Waals surface area contributed by atoms with Crippen LogP contribution in [0.2, 0.25) is 0 Å². The molecule has 17 heavy (non-hydrogen) atoms. The summed E-state index contributed by atoms with van der Waals surface area (Å²) in [5, 5.41) is 7.82. The van der Waals surface area contributed by atoms with Crippen molar-refractivity contribution in [3.05, 3.63) is 24.3 Å². The molecule has 4 nitrogen and oxygen atoms in total. The molecule has 0 atom stereocenters. The molecule has 0 amide bonds. The lowest BCUT2D eigenvalue weighted by Crippen LogP contribution is -2.16. The van der Waals surface area contributed by atoms with Crippen molar-refractivity contribution in [2.24, 2.45) is 7.05 Å². The summed E-state index contributed by atoms with van der Waals surface area (Å²) in [5.41, 5.74) is 0. The minimum Gasteiger partial charge on any atom is -0.306 e. The Bertz CT molecular complexity index is 363. The first-order chi connectivity index (χ1) is 8.31. The van der Waals surface area contributed by atoms with Crippen LogP contribution in [0.3, 0.4) is 0 Å². The molecule has 1 fully saturated rings. The summed E-state index contributed by atoms with van der Waals surface area (Å²) in [6.07, 6.45) is 8.39. The first-order valence-corrected chi connectivity index (χ1v) is 6.52. The van der Waals surface area contributed by atoms with E-state index in [9.17, 15) is 0 Å². The van der Waals surface area contributed by atoms with Crippen LogP contribution < -0.4 is 5.32 Å². The van der Waals surface area contributed by atoms with E-state index >= 15 is 0 Å². The Labute approximate surface area is 103 Å². The van der Waals surface area contributed by atoms with Crippen LogP contribution in [-0.2, 0) is 13.6 Å². The predicted octanol–water partition coefficient (Wildman–Crippen LogP) is 2.14. The second kappa shape index (κ2) is 5.96. The molecule has 1 aliphatic rings. The molecule has 1 N–H and O–H groups in total. The van der Waals surface area contributed by atoms with Gasteiger partial charge >= 0.3 is 0 Å². The van der Waals surface area contributed by atoms with Crippen molar-refractivity contribution in [1.82, 2.24) is 20.1 Å². The lowest BCUT2D eigenvalue weighted by molar-refractivity contribution is 0.427. The summed E-state index contributed by atoms with van der Waals surface area (Å²) in [6.45, 7) is 5.26. The van der Waals surface area contributed by atoms with E-state index in [0.717, 1.165) is 24.7 Å². The van der Waals surface area contributed by atoms with Gasteiger partial charge < -0.3 is 5.32 Å². The van der Waals surface area contributed by atoms with Crippen LogP contribution in [0, 0.1) is 0 Å². The Morgan fingerprint density at radius 1 is 1.41 bits per heavy atom. The smallest absolute Gasteiger partial charge is 0.154 e. The predicted molar refractivity (Wildman–Crippen MR) is 68.7 cm³/mol. The molecule has 4 heteroatoms. The molecule has 0 aromatic carbocycles. The van der Waals surface area contributed by atoms with Crippen molar-refractivity contribution in [3.63, 3.8) is 0 Å². The molecule has 0 spiro atoms. The summed E-state index contributed by atoms with van der Waals surface area (Å²) in [5.74, 6) is 2.65. The third-order valence-electron chi connectivity index (χ3n) is 3.41. The molecule has 1 heterocycles. The fraction of sp³-hybridized carbons (Fsp3) is 0.692. The number of hydrogen-bond donors (Lipinski definition) is 1. The summed E-state index contributed by atoms with van der Waals surface area (Å²) in [4.78, 5) is 4.66. The Hall–Kier alpha value is -1.16. The third-order valence-corrected chi connectivity index (χ3v) is 3.41. The van der Waals surface area contributed by atoms with E-state index in [0.29, 0.717) is 5.92 Å². The Morgan fingerprint density at radius 3 is 2.88 bits per heavy atom. The number of nitrogens with zero attached hydrogens (tertiary/aromatic N) is 3. The summed E-state index contributed by atoms with van der Waals surface area (Å²) >= 11 is 0. The van der Waals surface area contributed by atoms with Crippen LogP contribution in [0.15, 0.2) is 12.7 Å². The van der Waals surface area contributed by atoms with Gasteiger partial charge in [-0.1, -0.05) is 25.3 Å². The van der Waals surface area contributed by atoms with Crippen LogP contribution >= 0.6 is 0 Å². The highest BCUT2D eigenvalue weighted by Crippen LogP contribution is 2.30. The first-order valence-electron chi connectivity index (χ1n) is 6.52. The van der Waals surface area contributed by atoms with Gasteiger partial charge in [-0.3, -0.25) is 4.68 Å². The highest BCUT2D eigenvalue weighted by atomic mass is 15.3. The molecule has 0 aliphatic heterocycles. The van der Waals surface area contributed by atoms with Crippen LogP contribution in [-0.4, -0.2) is 21.3 Å². The van der Waals surface area contributed by atoms with Gasteiger partial charge in [-0.2, -0.15) is 5.10 Å². The van der Waals surface area contributed by atoms with E-state index in [2.05, 4.69) is 22.0 Å². The molecule has 0 radical (unpaired) electrons. The largest absolute Gasteiger partial charge is 0.306 e. The van der Waals surface area contributed by atoms with E-state index in [1.54, 1.807) is 0 Å². The quantitative estimate of drug-likeness (QED) is 0.627. The fourth-order valence-corrected chi connectivity index (χ4v) is 2.41. The van der Waals surface area contributed by atoms with Crippen molar-refractivity contribution in [3.8, 4) is 0 Å². The van der Waals surface area contributed by atoms with Crippen molar-refractivity contribution >= 4 is 0 Å². The average molecular weight is 234 g/mol. The minimum absolute atomic E-state index is 0.586. The second-order valence-corrected chi connectivity index (χ2v) is 4.76. The van der Waals surface area contributed by atoms with Crippen molar-refractivity contribution in [1.29, 1.82) is 0 Å². The maximum absolute atomic E-state index is 4.66. The van der Waals surface area contributed by atoms with Gasteiger partial charge in [0.25, 0.3) is 0 Å². The first kappa shape index (κ1) is 12.3. The van der Waals surface area contributed by atoms with E-state index in [1.807, 2.05) is 17.8 Å². The third kappa shape index (κ3) is 3.16. The lowest BCUT2D eigenvalue weighted by atomic mass is 9.89. The van der Waals surface area contributed by atoms with Gasteiger partial charge in [-0.15, -0.1) is 6.58 Å². The maximum atomic E-state index is 4.66. The Kier molecular flexibility index (Phi) is 4.31. The van der Waals surface area contributed by atoms with Crippen molar-refractivity contribution in [2.45, 2.75) is 44.6 Å². The zero-order valence-electron chi connectivity index (χ0n) is 10.7. The van der Waals surface area contributed by atoms with Crippen LogP contribution in [0.1, 0.15) is 49.7 Å². The van der Waals surface area contributed by atoms with Gasteiger partial charge in [0, 0.05) is 19.5 Å². The molecule has 1 aromatic heterocycles. The Morgan fingerprint density at radius 2 is 2.18 bits per heavy atom. The lowest BCUT2D eigenvalue weighted by Gasteiger charge is -2.18. The van der Waals surface area contributed by atoms with E-state index < -0.39 is 0 Å². The molecule has 1 saturated carbocycles. The standard InChI is InChI=1S/C13H22N4/c1-3-9-14-10-12-15-13(16-17(12)2)11-7-5-4-6-8-11/h3,11,14H,1,4-10H2,2H3. The van der Waals surface area contributed by atoms with Crippen molar-refractivity contribution < 1.29 is 0 Å². The summed E-state index contributed by atoms with van der Waals surface area (Å²) in [6, 6.07) is 0. The maximum Gasteiger partial charge on any atom is 0.154 e. The van der Waals surface area contributed by atoms with Crippen LogP contribution in [0.25, 0.3) is 0 Å². The zero-order valence-corrected chi connectivity index (χ0v) is 10.7. The summed E-state index contributed by atoms with van der Waals surface area (Å²) in [7, 11) is 1.98. The molecule has 2 rings (SSSR count). The van der Waals surface area contributed by atoms with E-state index in [-0.39, 0.29) is 0 Å². The molecule has 0 bridgehead atoms. The number of hydrogen-bond acceptors (Lipinski definition) is 3. The topological polar surface area (TPSA) is 42.7 Å². The monoisotopic (exact) mass is 234 g/mol. The second-order valence-electron chi connectivity index (χ2n) is 4.76. The normalized spacial score (nSPS) is 17.2. The number of rotatable bonds is 5. The number of nitrogens with one attached hydrogen (secondary N) is 1. The van der Waals surface area contributed by atoms with Crippen molar-refractivity contribution in [2.75, 3.05) is 6.54 Å². The fourth-order valence-electron chi connectivity index (χ4n) is 2.41. The van der Waals surface area contributed by atoms with E-state index in [1.165, 1.54) is 32.1 Å². The SMILES string of the molecule is C=CCNCc1nc(C2CCCCC2)nn1C. The number of aryl methyl sites for hydroxylation is 1. The van der Waals surface area contributed by atoms with E-state index in [4.69, 9.17) is 0 Å². The summed E-state index contributed by atoms with van der Waals surface area (Å²) < 4.78 is 1.90. The molecule has 1 aliphatic carbocycles. The average Bonchev–Trinajstić information content (AvgIpc) is 2.73. The van der Waals surface area contributed by atoms with Gasteiger partial charge in [0.1, 0.15) is 5.82 Å². The van der Waals surface area contributed by atoms with Crippen LogP contribution in [0.5, 0.6) is 0 Å². The highest BCUT2D eigenvalue weighted by Gasteiger charge is 2.20. The molecular formula is C13H22N4. The zero-order chi connectivity index (χ0) is 12.1. The van der Waals surface area contributed by atoms with Gasteiger partial charge in [0.05, 0.1) is 6.54 Å². The van der Waals surface area contributed by atoms with Gasteiger partial charge in [-0.25, -0.2) is 4.98 Å². The van der Waals surface area contributed by atoms with Gasteiger partial charge in [-0.05, 0) is 12.8 Å². The molecule has 1 aromatic rings. The molecule has 0 saturated heterocycles. The van der Waals surface area contributed by atoms with Gasteiger partial charge in [0.15, 0.2) is 5.82 Å². The number of aromatic nitrogens is 3. The molecule has 94 valence electrons. The minimum atomic E-state index is 0.586.